The van der Waals surface area contributed by atoms with E-state index in [-0.39, 0.29) is 17.6 Å². The Morgan fingerprint density at radius 2 is 1.53 bits per heavy atom. The summed E-state index contributed by atoms with van der Waals surface area (Å²) in [6.07, 6.45) is 4.02. The van der Waals surface area contributed by atoms with Gasteiger partial charge < -0.3 is 5.32 Å². The topological polar surface area (TPSA) is 46.2 Å². The van der Waals surface area contributed by atoms with Gasteiger partial charge in [0.25, 0.3) is 5.91 Å². The van der Waals surface area contributed by atoms with Gasteiger partial charge in [-0.05, 0) is 24.6 Å². The molecule has 1 N–H and O–H groups in total. The first-order chi connectivity index (χ1) is 9.13. The molecule has 0 saturated heterocycles. The van der Waals surface area contributed by atoms with Crippen molar-refractivity contribution in [3.8, 4) is 0 Å². The van der Waals surface area contributed by atoms with Gasteiger partial charge in [0.15, 0.2) is 5.78 Å². The third kappa shape index (κ3) is 4.58. The number of carbonyl (C=O) groups is 2. The molecule has 1 aromatic carbocycles. The third-order valence-electron chi connectivity index (χ3n) is 2.77. The van der Waals surface area contributed by atoms with Gasteiger partial charge in [-0.2, -0.15) is 23.5 Å². The number of rotatable bonds is 7. The quantitative estimate of drug-likeness (QED) is 0.786. The van der Waals surface area contributed by atoms with Gasteiger partial charge in [-0.3, -0.25) is 9.59 Å². The summed E-state index contributed by atoms with van der Waals surface area (Å²) in [5, 5.41) is 2.56. The van der Waals surface area contributed by atoms with Gasteiger partial charge in [0.2, 0.25) is 0 Å². The van der Waals surface area contributed by atoms with Crippen LogP contribution in [0.4, 0.5) is 0 Å². The van der Waals surface area contributed by atoms with E-state index in [0.717, 1.165) is 11.5 Å². The van der Waals surface area contributed by atoms with Gasteiger partial charge in [0, 0.05) is 35.6 Å². The fourth-order valence-corrected chi connectivity index (χ4v) is 3.26. The van der Waals surface area contributed by atoms with Gasteiger partial charge in [-0.1, -0.05) is 12.1 Å². The van der Waals surface area contributed by atoms with E-state index < -0.39 is 0 Å². The molecule has 0 aromatic heterocycles. The first-order valence-corrected chi connectivity index (χ1v) is 8.77. The van der Waals surface area contributed by atoms with E-state index in [1.165, 1.54) is 0 Å². The zero-order valence-electron chi connectivity index (χ0n) is 11.4. The number of carbonyl (C=O) groups excluding carboxylic acids is 2. The van der Waals surface area contributed by atoms with Crippen LogP contribution in [0.15, 0.2) is 24.3 Å². The molecule has 0 heterocycles. The van der Waals surface area contributed by atoms with Crippen molar-refractivity contribution >= 4 is 35.2 Å². The predicted octanol–water partition coefficient (Wildman–Crippen LogP) is 2.57. The minimum absolute atomic E-state index is 0.0378. The van der Waals surface area contributed by atoms with Crippen molar-refractivity contribution in [2.75, 3.05) is 31.1 Å². The maximum atomic E-state index is 12.3. The molecule has 19 heavy (non-hydrogen) atoms. The molecule has 0 aliphatic carbocycles. The molecule has 0 aliphatic heterocycles. The Labute approximate surface area is 122 Å². The van der Waals surface area contributed by atoms with E-state index >= 15 is 0 Å². The number of hydrogen-bond donors (Lipinski definition) is 1. The van der Waals surface area contributed by atoms with E-state index in [0.29, 0.717) is 11.1 Å². The standard InChI is InChI=1S/C14H19NO2S2/c1-15-14(17)11-6-4-10(5-7-11)13(16)12(8-18-2)9-19-3/h4-7,12H,8-9H2,1-3H3,(H,15,17). The van der Waals surface area contributed by atoms with Crippen LogP contribution < -0.4 is 5.32 Å². The number of Topliss-reactive ketones (excluding diaryl/α,β-unsaturated/α-hetero) is 1. The first-order valence-electron chi connectivity index (χ1n) is 5.98. The summed E-state index contributed by atoms with van der Waals surface area (Å²) in [5.41, 5.74) is 1.26. The molecular weight excluding hydrogens is 278 g/mol. The van der Waals surface area contributed by atoms with Crippen LogP contribution in [0.25, 0.3) is 0 Å². The summed E-state index contributed by atoms with van der Waals surface area (Å²) in [5.74, 6) is 1.72. The molecule has 0 bridgehead atoms. The summed E-state index contributed by atoms with van der Waals surface area (Å²) in [6, 6.07) is 6.86. The highest BCUT2D eigenvalue weighted by atomic mass is 32.2. The van der Waals surface area contributed by atoms with Crippen molar-refractivity contribution in [3.63, 3.8) is 0 Å². The predicted molar refractivity (Wildman–Crippen MR) is 84.4 cm³/mol. The fourth-order valence-electron chi connectivity index (χ4n) is 1.77. The average molecular weight is 297 g/mol. The second-order valence-corrected chi connectivity index (χ2v) is 5.95. The summed E-state index contributed by atoms with van der Waals surface area (Å²) in [4.78, 5) is 23.8. The highest BCUT2D eigenvalue weighted by Crippen LogP contribution is 2.17. The van der Waals surface area contributed by atoms with Crippen LogP contribution in [0.3, 0.4) is 0 Å². The Balaban J connectivity index is 2.83. The monoisotopic (exact) mass is 297 g/mol. The van der Waals surface area contributed by atoms with Crippen LogP contribution in [0.1, 0.15) is 20.7 Å². The molecule has 0 fully saturated rings. The lowest BCUT2D eigenvalue weighted by molar-refractivity contribution is 0.0939. The molecule has 0 aliphatic rings. The van der Waals surface area contributed by atoms with Crippen LogP contribution in [-0.4, -0.2) is 42.8 Å². The van der Waals surface area contributed by atoms with Crippen molar-refractivity contribution in [2.24, 2.45) is 5.92 Å². The lowest BCUT2D eigenvalue weighted by atomic mass is 9.99. The van der Waals surface area contributed by atoms with E-state index in [1.807, 2.05) is 12.5 Å². The first kappa shape index (κ1) is 16.1. The smallest absolute Gasteiger partial charge is 0.251 e. The molecule has 1 aromatic rings. The number of benzene rings is 1. The number of nitrogens with one attached hydrogen (secondary N) is 1. The molecule has 1 amide bonds. The zero-order chi connectivity index (χ0) is 14.3. The highest BCUT2D eigenvalue weighted by Gasteiger charge is 2.19. The van der Waals surface area contributed by atoms with Crippen molar-refractivity contribution < 1.29 is 9.59 Å². The molecule has 0 unspecified atom stereocenters. The summed E-state index contributed by atoms with van der Waals surface area (Å²) >= 11 is 3.37. The van der Waals surface area contributed by atoms with Gasteiger partial charge >= 0.3 is 0 Å². The van der Waals surface area contributed by atoms with Gasteiger partial charge in [0.1, 0.15) is 0 Å². The molecular formula is C14H19NO2S2. The van der Waals surface area contributed by atoms with Gasteiger partial charge in [-0.15, -0.1) is 0 Å². The highest BCUT2D eigenvalue weighted by molar-refractivity contribution is 7.99. The number of ketones is 1. The number of amides is 1. The van der Waals surface area contributed by atoms with Crippen molar-refractivity contribution in [1.29, 1.82) is 0 Å². The Hall–Kier alpha value is -0.940. The molecule has 104 valence electrons. The molecule has 0 spiro atoms. The summed E-state index contributed by atoms with van der Waals surface area (Å²) in [7, 11) is 1.59. The van der Waals surface area contributed by atoms with E-state index in [4.69, 9.17) is 0 Å². The second-order valence-electron chi connectivity index (χ2n) is 4.13. The van der Waals surface area contributed by atoms with Crippen LogP contribution in [0, 0.1) is 5.92 Å². The molecule has 0 atom stereocenters. The second kappa shape index (κ2) is 8.27. The third-order valence-corrected chi connectivity index (χ3v) is 4.24. The average Bonchev–Trinajstić information content (AvgIpc) is 2.45. The molecule has 3 nitrogen and oxygen atoms in total. The Morgan fingerprint density at radius 1 is 1.05 bits per heavy atom. The van der Waals surface area contributed by atoms with Crippen LogP contribution in [0.2, 0.25) is 0 Å². The van der Waals surface area contributed by atoms with Crippen LogP contribution >= 0.6 is 23.5 Å². The lowest BCUT2D eigenvalue weighted by Crippen LogP contribution is -2.21. The Morgan fingerprint density at radius 3 is 1.95 bits per heavy atom. The number of thioether (sulfide) groups is 2. The number of hydrogen-bond acceptors (Lipinski definition) is 4. The van der Waals surface area contributed by atoms with Crippen LogP contribution in [0.5, 0.6) is 0 Å². The largest absolute Gasteiger partial charge is 0.355 e. The van der Waals surface area contributed by atoms with E-state index in [9.17, 15) is 9.59 Å². The SMILES string of the molecule is CNC(=O)c1ccc(C(=O)C(CSC)CSC)cc1. The molecule has 0 radical (unpaired) electrons. The van der Waals surface area contributed by atoms with Crippen molar-refractivity contribution in [3.05, 3.63) is 35.4 Å². The van der Waals surface area contributed by atoms with E-state index in [1.54, 1.807) is 54.8 Å². The maximum Gasteiger partial charge on any atom is 0.251 e. The van der Waals surface area contributed by atoms with Gasteiger partial charge in [-0.25, -0.2) is 0 Å². The minimum Gasteiger partial charge on any atom is -0.355 e. The van der Waals surface area contributed by atoms with Crippen LogP contribution in [-0.2, 0) is 0 Å². The molecule has 0 saturated carbocycles. The normalized spacial score (nSPS) is 10.5. The summed E-state index contributed by atoms with van der Waals surface area (Å²) < 4.78 is 0. The minimum atomic E-state index is -0.135. The van der Waals surface area contributed by atoms with E-state index in [2.05, 4.69) is 5.32 Å². The molecule has 5 heteroatoms. The fraction of sp³-hybridized carbons (Fsp3) is 0.429. The maximum absolute atomic E-state index is 12.3. The Kier molecular flexibility index (Phi) is 7.02. The van der Waals surface area contributed by atoms with Crippen molar-refractivity contribution in [2.45, 2.75) is 0 Å². The summed E-state index contributed by atoms with van der Waals surface area (Å²) in [6.45, 7) is 0. The Bertz CT molecular complexity index is 426. The van der Waals surface area contributed by atoms with Crippen molar-refractivity contribution in [1.82, 2.24) is 5.32 Å². The zero-order valence-corrected chi connectivity index (χ0v) is 13.1. The van der Waals surface area contributed by atoms with Gasteiger partial charge in [0.05, 0.1) is 0 Å². The lowest BCUT2D eigenvalue weighted by Gasteiger charge is -2.13. The molecule has 1 rings (SSSR count).